The number of aromatic hydroxyl groups is 1. The molecule has 0 aliphatic carbocycles. The van der Waals surface area contributed by atoms with Crippen LogP contribution in [0.15, 0.2) is 18.2 Å². The van der Waals surface area contributed by atoms with Gasteiger partial charge in [-0.3, -0.25) is 4.90 Å². The lowest BCUT2D eigenvalue weighted by molar-refractivity contribution is 0.0827. The maximum absolute atomic E-state index is 9.59. The van der Waals surface area contributed by atoms with E-state index in [9.17, 15) is 5.11 Å². The Bertz CT molecular complexity index is 418. The lowest BCUT2D eigenvalue weighted by Gasteiger charge is -2.42. The molecule has 0 spiro atoms. The van der Waals surface area contributed by atoms with Crippen LogP contribution in [-0.4, -0.2) is 42.3 Å². The van der Waals surface area contributed by atoms with E-state index in [-0.39, 0.29) is 11.3 Å². The van der Waals surface area contributed by atoms with Crippen LogP contribution in [0.3, 0.4) is 0 Å². The van der Waals surface area contributed by atoms with E-state index in [1.54, 1.807) is 13.2 Å². The molecule has 4 heteroatoms. The van der Waals surface area contributed by atoms with Crippen molar-refractivity contribution in [2.24, 2.45) is 0 Å². The van der Waals surface area contributed by atoms with E-state index in [1.165, 1.54) is 5.56 Å². The molecule has 100 valence electrons. The summed E-state index contributed by atoms with van der Waals surface area (Å²) in [7, 11) is 1.58. The molecule has 0 saturated carbocycles. The highest BCUT2D eigenvalue weighted by Crippen LogP contribution is 2.28. The fourth-order valence-corrected chi connectivity index (χ4v) is 2.36. The zero-order valence-electron chi connectivity index (χ0n) is 11.4. The van der Waals surface area contributed by atoms with Crippen molar-refractivity contribution in [3.8, 4) is 11.5 Å². The molecule has 0 amide bonds. The highest BCUT2D eigenvalue weighted by Gasteiger charge is 2.29. The summed E-state index contributed by atoms with van der Waals surface area (Å²) in [5.74, 6) is 0.737. The van der Waals surface area contributed by atoms with Crippen LogP contribution in [0.25, 0.3) is 0 Å². The van der Waals surface area contributed by atoms with Crippen molar-refractivity contribution in [1.29, 1.82) is 0 Å². The average molecular weight is 250 g/mol. The number of hydrogen-bond donors (Lipinski definition) is 2. The zero-order valence-corrected chi connectivity index (χ0v) is 11.4. The first-order valence-corrected chi connectivity index (χ1v) is 6.34. The van der Waals surface area contributed by atoms with Gasteiger partial charge in [0.2, 0.25) is 0 Å². The lowest BCUT2D eigenvalue weighted by Crippen LogP contribution is -2.57. The minimum absolute atomic E-state index is 0.156. The summed E-state index contributed by atoms with van der Waals surface area (Å²) in [5.41, 5.74) is 1.32. The predicted octanol–water partition coefficient (Wildman–Crippen LogP) is 1.58. The van der Waals surface area contributed by atoms with Crippen LogP contribution >= 0.6 is 0 Å². The Kier molecular flexibility index (Phi) is 3.78. The summed E-state index contributed by atoms with van der Waals surface area (Å²) in [5, 5.41) is 13.0. The summed E-state index contributed by atoms with van der Waals surface area (Å²) in [4.78, 5) is 2.45. The van der Waals surface area contributed by atoms with Gasteiger partial charge >= 0.3 is 0 Å². The van der Waals surface area contributed by atoms with Crippen molar-refractivity contribution in [2.45, 2.75) is 25.9 Å². The van der Waals surface area contributed by atoms with Gasteiger partial charge < -0.3 is 15.2 Å². The van der Waals surface area contributed by atoms with Crippen LogP contribution in [0.2, 0.25) is 0 Å². The summed E-state index contributed by atoms with van der Waals surface area (Å²) in [6.45, 7) is 8.44. The smallest absolute Gasteiger partial charge is 0.160 e. The second-order valence-corrected chi connectivity index (χ2v) is 5.42. The number of nitrogens with one attached hydrogen (secondary N) is 1. The molecular formula is C14H22N2O2. The molecule has 0 bridgehead atoms. The largest absolute Gasteiger partial charge is 0.504 e. The van der Waals surface area contributed by atoms with Gasteiger partial charge in [-0.15, -0.1) is 0 Å². The highest BCUT2D eigenvalue weighted by molar-refractivity contribution is 5.41. The van der Waals surface area contributed by atoms with Crippen LogP contribution in [0.5, 0.6) is 11.5 Å². The van der Waals surface area contributed by atoms with Crippen LogP contribution in [0.1, 0.15) is 19.4 Å². The molecule has 1 fully saturated rings. The van der Waals surface area contributed by atoms with E-state index in [1.807, 2.05) is 12.1 Å². The molecule has 4 nitrogen and oxygen atoms in total. The SMILES string of the molecule is COc1cc(CN2CCNCC2(C)C)ccc1O. The second-order valence-electron chi connectivity index (χ2n) is 5.42. The van der Waals surface area contributed by atoms with E-state index in [4.69, 9.17) is 4.74 Å². The number of ether oxygens (including phenoxy) is 1. The number of methoxy groups -OCH3 is 1. The molecule has 1 aliphatic heterocycles. The molecule has 2 N–H and O–H groups in total. The van der Waals surface area contributed by atoms with Crippen LogP contribution in [-0.2, 0) is 6.54 Å². The monoisotopic (exact) mass is 250 g/mol. The predicted molar refractivity (Wildman–Crippen MR) is 72.0 cm³/mol. The summed E-state index contributed by atoms with van der Waals surface area (Å²) in [6, 6.07) is 5.56. The molecule has 1 aliphatic rings. The number of hydrogen-bond acceptors (Lipinski definition) is 4. The van der Waals surface area contributed by atoms with Gasteiger partial charge in [-0.05, 0) is 31.5 Å². The summed E-state index contributed by atoms with van der Waals surface area (Å²) < 4.78 is 5.15. The average Bonchev–Trinajstić information content (AvgIpc) is 2.34. The Hall–Kier alpha value is -1.26. The second kappa shape index (κ2) is 5.16. The third kappa shape index (κ3) is 2.76. The minimum atomic E-state index is 0.156. The fourth-order valence-electron chi connectivity index (χ4n) is 2.36. The number of piperazine rings is 1. The van der Waals surface area contributed by atoms with E-state index in [0.717, 1.165) is 26.2 Å². The fraction of sp³-hybridized carbons (Fsp3) is 0.571. The van der Waals surface area contributed by atoms with Gasteiger partial charge in [-0.25, -0.2) is 0 Å². The Morgan fingerprint density at radius 2 is 2.22 bits per heavy atom. The first-order valence-electron chi connectivity index (χ1n) is 6.34. The molecule has 0 unspecified atom stereocenters. The van der Waals surface area contributed by atoms with Gasteiger partial charge in [-0.2, -0.15) is 0 Å². The number of phenolic OH excluding ortho intramolecular Hbond substituents is 1. The first kappa shape index (κ1) is 13.2. The maximum Gasteiger partial charge on any atom is 0.160 e. The molecule has 0 radical (unpaired) electrons. The van der Waals surface area contributed by atoms with E-state index in [0.29, 0.717) is 5.75 Å². The first-order chi connectivity index (χ1) is 8.53. The van der Waals surface area contributed by atoms with E-state index in [2.05, 4.69) is 24.1 Å². The van der Waals surface area contributed by atoms with Crippen LogP contribution in [0.4, 0.5) is 0 Å². The van der Waals surface area contributed by atoms with Crippen LogP contribution in [0, 0.1) is 0 Å². The zero-order chi connectivity index (χ0) is 13.2. The third-order valence-electron chi connectivity index (χ3n) is 3.59. The van der Waals surface area contributed by atoms with Gasteiger partial charge in [0.15, 0.2) is 11.5 Å². The van der Waals surface area contributed by atoms with Crippen molar-refractivity contribution in [3.63, 3.8) is 0 Å². The third-order valence-corrected chi connectivity index (χ3v) is 3.59. The molecule has 1 saturated heterocycles. The summed E-state index contributed by atoms with van der Waals surface area (Å²) >= 11 is 0. The molecule has 0 aromatic heterocycles. The normalized spacial score (nSPS) is 19.7. The van der Waals surface area contributed by atoms with Crippen molar-refractivity contribution in [1.82, 2.24) is 10.2 Å². The molecule has 1 aromatic carbocycles. The Morgan fingerprint density at radius 1 is 1.44 bits per heavy atom. The minimum Gasteiger partial charge on any atom is -0.504 e. The van der Waals surface area contributed by atoms with Gasteiger partial charge in [0.25, 0.3) is 0 Å². The number of phenols is 1. The Balaban J connectivity index is 2.13. The van der Waals surface area contributed by atoms with Crippen molar-refractivity contribution in [2.75, 3.05) is 26.7 Å². The van der Waals surface area contributed by atoms with Crippen LogP contribution < -0.4 is 10.1 Å². The van der Waals surface area contributed by atoms with Gasteiger partial charge in [0, 0.05) is 31.7 Å². The van der Waals surface area contributed by atoms with Gasteiger partial charge in [-0.1, -0.05) is 6.07 Å². The molecule has 1 heterocycles. The molecule has 2 rings (SSSR count). The molecule has 0 atom stereocenters. The standard InChI is InChI=1S/C14H22N2O2/c1-14(2)10-15-6-7-16(14)9-11-4-5-12(17)13(8-11)18-3/h4-5,8,15,17H,6-7,9-10H2,1-3H3. The lowest BCUT2D eigenvalue weighted by atomic mass is 9.99. The number of nitrogens with zero attached hydrogens (tertiary/aromatic N) is 1. The molecule has 18 heavy (non-hydrogen) atoms. The van der Waals surface area contributed by atoms with Gasteiger partial charge in [0.05, 0.1) is 7.11 Å². The van der Waals surface area contributed by atoms with Crippen molar-refractivity contribution < 1.29 is 9.84 Å². The Labute approximate surface area is 109 Å². The molecule has 1 aromatic rings. The summed E-state index contributed by atoms with van der Waals surface area (Å²) in [6.07, 6.45) is 0. The van der Waals surface area contributed by atoms with E-state index < -0.39 is 0 Å². The topological polar surface area (TPSA) is 44.7 Å². The number of benzene rings is 1. The van der Waals surface area contributed by atoms with Crippen molar-refractivity contribution in [3.05, 3.63) is 23.8 Å². The molecular weight excluding hydrogens is 228 g/mol. The van der Waals surface area contributed by atoms with E-state index >= 15 is 0 Å². The Morgan fingerprint density at radius 3 is 2.89 bits per heavy atom. The van der Waals surface area contributed by atoms with Gasteiger partial charge in [0.1, 0.15) is 0 Å². The quantitative estimate of drug-likeness (QED) is 0.855. The van der Waals surface area contributed by atoms with Crippen molar-refractivity contribution >= 4 is 0 Å². The number of rotatable bonds is 3. The highest BCUT2D eigenvalue weighted by atomic mass is 16.5. The maximum atomic E-state index is 9.59.